The molecule has 6 nitrogen and oxygen atoms in total. The first-order chi connectivity index (χ1) is 5.49. The van der Waals surface area contributed by atoms with E-state index < -0.39 is 7.82 Å². The molecule has 0 aromatic rings. The monoisotopic (exact) mass is 198 g/mol. The number of hydroxylamine groups is 1. The van der Waals surface area contributed by atoms with Crippen LogP contribution in [0.4, 0.5) is 0 Å². The van der Waals surface area contributed by atoms with Gasteiger partial charge in [0.15, 0.2) is 0 Å². The summed E-state index contributed by atoms with van der Waals surface area (Å²) in [4.78, 5) is 18.5. The van der Waals surface area contributed by atoms with Crippen molar-refractivity contribution in [3.8, 4) is 0 Å². The molecule has 0 unspecified atom stereocenters. The van der Waals surface area contributed by atoms with Gasteiger partial charge in [-0.2, -0.15) is 10.1 Å². The van der Waals surface area contributed by atoms with Gasteiger partial charge in [-0.15, -0.1) is 0 Å². The quantitative estimate of drug-likeness (QED) is 0.314. The molecule has 74 valence electrons. The van der Waals surface area contributed by atoms with Crippen LogP contribution in [0.25, 0.3) is 0 Å². The van der Waals surface area contributed by atoms with E-state index in [0.717, 1.165) is 13.1 Å². The summed E-state index contributed by atoms with van der Waals surface area (Å²) in [6.45, 7) is 5.80. The molecular formula is C5H15N2O4P. The summed E-state index contributed by atoms with van der Waals surface area (Å²) in [5.41, 5.74) is 2.19. The van der Waals surface area contributed by atoms with E-state index in [9.17, 15) is 4.57 Å². The molecule has 0 aromatic carbocycles. The maximum absolute atomic E-state index is 10.2. The van der Waals surface area contributed by atoms with E-state index in [-0.39, 0.29) is 0 Å². The Morgan fingerprint density at radius 2 is 1.92 bits per heavy atom. The second-order valence-corrected chi connectivity index (χ2v) is 3.35. The molecule has 0 bridgehead atoms. The number of nitrogens with zero attached hydrogens (tertiary/aromatic N) is 1. The summed E-state index contributed by atoms with van der Waals surface area (Å²) in [5.74, 6) is 0. The molecule has 0 amide bonds. The third kappa shape index (κ3) is 6.72. The summed E-state index contributed by atoms with van der Waals surface area (Å²) >= 11 is 0. The maximum Gasteiger partial charge on any atom is 0.486 e. The summed E-state index contributed by atoms with van der Waals surface area (Å²) in [5, 5.41) is 0. The molecule has 12 heavy (non-hydrogen) atoms. The van der Waals surface area contributed by atoms with Crippen molar-refractivity contribution in [3.05, 3.63) is 0 Å². The second-order valence-electron chi connectivity index (χ2n) is 2.19. The molecule has 0 rings (SSSR count). The fourth-order valence-corrected chi connectivity index (χ4v) is 0.877. The molecule has 0 spiro atoms. The lowest BCUT2D eigenvalue weighted by molar-refractivity contribution is 0.0850. The molecule has 0 saturated heterocycles. The van der Waals surface area contributed by atoms with Gasteiger partial charge in [-0.3, -0.25) is 4.90 Å². The van der Waals surface area contributed by atoms with E-state index in [0.29, 0.717) is 6.67 Å². The maximum atomic E-state index is 10.2. The van der Waals surface area contributed by atoms with Crippen molar-refractivity contribution in [1.82, 2.24) is 10.4 Å². The average Bonchev–Trinajstić information content (AvgIpc) is 1.96. The Balaban J connectivity index is 3.48. The average molecular weight is 198 g/mol. The van der Waals surface area contributed by atoms with Crippen LogP contribution < -0.4 is 5.48 Å². The second kappa shape index (κ2) is 5.64. The highest BCUT2D eigenvalue weighted by atomic mass is 31.2. The van der Waals surface area contributed by atoms with Crippen LogP contribution in [0, 0.1) is 0 Å². The van der Waals surface area contributed by atoms with Crippen molar-refractivity contribution in [1.29, 1.82) is 0 Å². The van der Waals surface area contributed by atoms with Gasteiger partial charge in [0, 0.05) is 0 Å². The van der Waals surface area contributed by atoms with Crippen LogP contribution in [0.15, 0.2) is 0 Å². The van der Waals surface area contributed by atoms with Crippen LogP contribution in [0.1, 0.15) is 13.8 Å². The minimum absolute atomic E-state index is 0.304. The van der Waals surface area contributed by atoms with Gasteiger partial charge in [0.2, 0.25) is 0 Å². The van der Waals surface area contributed by atoms with Gasteiger partial charge in [0.1, 0.15) is 0 Å². The fraction of sp³-hybridized carbons (Fsp3) is 1.00. The van der Waals surface area contributed by atoms with Crippen molar-refractivity contribution < 1.29 is 19.0 Å². The summed E-state index contributed by atoms with van der Waals surface area (Å²) in [6, 6.07) is 0. The largest absolute Gasteiger partial charge is 0.486 e. The Hall–Kier alpha value is 0.0300. The standard InChI is InChI=1S/C5H15N2O4P/c1-3-7(4-2)5-6-11-12(8,9)10/h6H,3-5H2,1-2H3,(H2,8,9,10). The molecule has 7 heteroatoms. The predicted octanol–water partition coefficient (Wildman–Crippen LogP) is -0.100. The zero-order valence-corrected chi connectivity index (χ0v) is 8.12. The highest BCUT2D eigenvalue weighted by Crippen LogP contribution is 2.33. The lowest BCUT2D eigenvalue weighted by Crippen LogP contribution is -2.33. The first kappa shape index (κ1) is 12.0. The molecule has 0 aliphatic rings. The highest BCUT2D eigenvalue weighted by Gasteiger charge is 2.13. The first-order valence-corrected chi connectivity index (χ1v) is 5.22. The fourth-order valence-electron chi connectivity index (χ4n) is 0.651. The number of phosphoric acid groups is 1. The van der Waals surface area contributed by atoms with Crippen molar-refractivity contribution in [2.24, 2.45) is 0 Å². The SMILES string of the molecule is CCN(CC)CNOP(=O)(O)O. The molecule has 0 fully saturated rings. The summed E-state index contributed by atoms with van der Waals surface area (Å²) in [7, 11) is -4.38. The predicted molar refractivity (Wildman–Crippen MR) is 44.1 cm³/mol. The molecule has 0 aliphatic heterocycles. The minimum atomic E-state index is -4.38. The zero-order chi connectivity index (χ0) is 9.61. The van der Waals surface area contributed by atoms with Crippen LogP contribution in [-0.2, 0) is 9.19 Å². The Bertz CT molecular complexity index is 156. The number of rotatable bonds is 6. The van der Waals surface area contributed by atoms with Crippen molar-refractivity contribution in [3.63, 3.8) is 0 Å². The van der Waals surface area contributed by atoms with Crippen molar-refractivity contribution >= 4 is 7.82 Å². The highest BCUT2D eigenvalue weighted by molar-refractivity contribution is 7.46. The Labute approximate surface area is 71.7 Å². The number of nitrogens with one attached hydrogen (secondary N) is 1. The van der Waals surface area contributed by atoms with Gasteiger partial charge in [-0.25, -0.2) is 4.57 Å². The molecule has 0 saturated carbocycles. The van der Waals surface area contributed by atoms with E-state index >= 15 is 0 Å². The van der Waals surface area contributed by atoms with Gasteiger partial charge in [0.05, 0.1) is 6.67 Å². The van der Waals surface area contributed by atoms with Crippen LogP contribution in [0.5, 0.6) is 0 Å². The molecular weight excluding hydrogens is 183 g/mol. The molecule has 3 N–H and O–H groups in total. The summed E-state index contributed by atoms with van der Waals surface area (Å²) < 4.78 is 14.2. The molecule has 0 radical (unpaired) electrons. The molecule has 0 heterocycles. The van der Waals surface area contributed by atoms with Crippen molar-refractivity contribution in [2.75, 3.05) is 19.8 Å². The normalized spacial score (nSPS) is 12.4. The van der Waals surface area contributed by atoms with E-state index in [1.807, 2.05) is 18.7 Å². The number of hydrogen-bond acceptors (Lipinski definition) is 4. The van der Waals surface area contributed by atoms with E-state index in [1.165, 1.54) is 0 Å². The molecule has 0 aliphatic carbocycles. The smallest absolute Gasteiger partial charge is 0.302 e. The summed E-state index contributed by atoms with van der Waals surface area (Å²) in [6.07, 6.45) is 0. The third-order valence-electron chi connectivity index (χ3n) is 1.37. The minimum Gasteiger partial charge on any atom is -0.302 e. The van der Waals surface area contributed by atoms with E-state index in [1.54, 1.807) is 0 Å². The van der Waals surface area contributed by atoms with E-state index in [4.69, 9.17) is 9.79 Å². The lowest BCUT2D eigenvalue weighted by atomic mass is 10.6. The zero-order valence-electron chi connectivity index (χ0n) is 7.23. The van der Waals surface area contributed by atoms with Crippen LogP contribution in [0.3, 0.4) is 0 Å². The Kier molecular flexibility index (Phi) is 5.65. The molecule has 0 atom stereocenters. The Morgan fingerprint density at radius 3 is 2.25 bits per heavy atom. The Morgan fingerprint density at radius 1 is 1.42 bits per heavy atom. The van der Waals surface area contributed by atoms with Crippen LogP contribution in [-0.4, -0.2) is 34.4 Å². The lowest BCUT2D eigenvalue weighted by Gasteiger charge is -2.17. The van der Waals surface area contributed by atoms with Gasteiger partial charge >= 0.3 is 7.82 Å². The van der Waals surface area contributed by atoms with Gasteiger partial charge < -0.3 is 9.79 Å². The van der Waals surface area contributed by atoms with Gasteiger partial charge in [-0.05, 0) is 13.1 Å². The number of hydrogen-bond donors (Lipinski definition) is 3. The third-order valence-corrected chi connectivity index (χ3v) is 1.73. The van der Waals surface area contributed by atoms with Gasteiger partial charge in [0.25, 0.3) is 0 Å². The van der Waals surface area contributed by atoms with Gasteiger partial charge in [-0.1, -0.05) is 13.8 Å². The van der Waals surface area contributed by atoms with Crippen LogP contribution in [0.2, 0.25) is 0 Å². The van der Waals surface area contributed by atoms with E-state index in [2.05, 4.69) is 10.1 Å². The molecule has 0 aromatic heterocycles. The van der Waals surface area contributed by atoms with Crippen LogP contribution >= 0.6 is 7.82 Å². The first-order valence-electron chi connectivity index (χ1n) is 3.69. The van der Waals surface area contributed by atoms with Crippen molar-refractivity contribution in [2.45, 2.75) is 13.8 Å². The topological polar surface area (TPSA) is 82.0 Å².